The first-order valence-electron chi connectivity index (χ1n) is 9.32. The summed E-state index contributed by atoms with van der Waals surface area (Å²) in [6, 6.07) is 8.32. The molecule has 0 amide bonds. The quantitative estimate of drug-likeness (QED) is 0.867. The van der Waals surface area contributed by atoms with Crippen LogP contribution in [0.2, 0.25) is 0 Å². The molecule has 2 saturated heterocycles. The molecule has 25 heavy (non-hydrogen) atoms. The zero-order valence-electron chi connectivity index (χ0n) is 14.9. The maximum atomic E-state index is 13.2. The predicted octanol–water partition coefficient (Wildman–Crippen LogP) is 3.13. The molecule has 1 aromatic rings. The fourth-order valence-electron chi connectivity index (χ4n) is 5.04. The van der Waals surface area contributed by atoms with Crippen LogP contribution in [-0.2, 0) is 10.0 Å². The summed E-state index contributed by atoms with van der Waals surface area (Å²) in [5.41, 5.74) is 2.40. The summed E-state index contributed by atoms with van der Waals surface area (Å²) in [5.74, 6) is 1.57. The summed E-state index contributed by atoms with van der Waals surface area (Å²) in [5, 5.41) is 3.47. The highest BCUT2D eigenvalue weighted by Crippen LogP contribution is 2.45. The van der Waals surface area contributed by atoms with E-state index in [0.717, 1.165) is 25.9 Å². The molecule has 0 spiro atoms. The minimum atomic E-state index is -3.19. The van der Waals surface area contributed by atoms with Crippen LogP contribution in [0.4, 0.5) is 0 Å². The number of fused-ring (bicyclic) bond motifs is 1. The Hall–Kier alpha value is -0.620. The van der Waals surface area contributed by atoms with Crippen molar-refractivity contribution in [1.29, 1.82) is 0 Å². The summed E-state index contributed by atoms with van der Waals surface area (Å²) in [6.45, 7) is 4.67. The van der Waals surface area contributed by atoms with E-state index >= 15 is 0 Å². The van der Waals surface area contributed by atoms with Gasteiger partial charge in [0.25, 0.3) is 0 Å². The molecule has 1 saturated carbocycles. The Morgan fingerprint density at radius 2 is 1.88 bits per heavy atom. The molecule has 0 bridgehead atoms. The molecule has 4 nitrogen and oxygen atoms in total. The fourth-order valence-corrected chi connectivity index (χ4v) is 7.20. The van der Waals surface area contributed by atoms with Gasteiger partial charge in [-0.15, -0.1) is 12.4 Å². The predicted molar refractivity (Wildman–Crippen MR) is 103 cm³/mol. The van der Waals surface area contributed by atoms with Crippen LogP contribution in [0, 0.1) is 24.7 Å². The normalized spacial score (nSPS) is 30.4. The van der Waals surface area contributed by atoms with Crippen molar-refractivity contribution in [2.75, 3.05) is 25.4 Å². The second-order valence-electron chi connectivity index (χ2n) is 7.88. The van der Waals surface area contributed by atoms with Gasteiger partial charge in [-0.1, -0.05) is 37.1 Å². The monoisotopic (exact) mass is 384 g/mol. The topological polar surface area (TPSA) is 49.4 Å². The van der Waals surface area contributed by atoms with Gasteiger partial charge in [0.2, 0.25) is 10.0 Å². The second kappa shape index (κ2) is 7.55. The molecule has 140 valence electrons. The van der Waals surface area contributed by atoms with Gasteiger partial charge in [-0.2, -0.15) is 4.31 Å². The van der Waals surface area contributed by atoms with Crippen molar-refractivity contribution in [2.24, 2.45) is 17.8 Å². The third-order valence-corrected chi connectivity index (χ3v) is 8.29. The van der Waals surface area contributed by atoms with E-state index < -0.39 is 10.0 Å². The van der Waals surface area contributed by atoms with Crippen LogP contribution < -0.4 is 5.32 Å². The van der Waals surface area contributed by atoms with Gasteiger partial charge in [-0.25, -0.2) is 8.42 Å². The van der Waals surface area contributed by atoms with E-state index in [-0.39, 0.29) is 18.4 Å². The number of hydrogen-bond acceptors (Lipinski definition) is 3. The van der Waals surface area contributed by atoms with E-state index in [1.807, 2.05) is 16.4 Å². The van der Waals surface area contributed by atoms with Gasteiger partial charge in [0, 0.05) is 13.1 Å². The summed E-state index contributed by atoms with van der Waals surface area (Å²) < 4.78 is 28.3. The van der Waals surface area contributed by atoms with Crippen molar-refractivity contribution in [3.63, 3.8) is 0 Å². The number of sulfonamides is 1. The summed E-state index contributed by atoms with van der Waals surface area (Å²) >= 11 is 0. The Morgan fingerprint density at radius 3 is 2.60 bits per heavy atom. The summed E-state index contributed by atoms with van der Waals surface area (Å²) in [4.78, 5) is 0. The summed E-state index contributed by atoms with van der Waals surface area (Å²) in [7, 11) is -3.19. The first-order chi connectivity index (χ1) is 11.6. The molecule has 6 heteroatoms. The van der Waals surface area contributed by atoms with Crippen LogP contribution in [-0.4, -0.2) is 38.1 Å². The number of aryl methyl sites for hydroxylation is 1. The van der Waals surface area contributed by atoms with E-state index in [9.17, 15) is 8.42 Å². The second-order valence-corrected chi connectivity index (χ2v) is 9.85. The Labute approximate surface area is 157 Å². The van der Waals surface area contributed by atoms with E-state index in [1.165, 1.54) is 24.0 Å². The van der Waals surface area contributed by atoms with E-state index in [2.05, 4.69) is 24.4 Å². The zero-order valence-corrected chi connectivity index (χ0v) is 16.5. The maximum Gasteiger partial charge on any atom is 0.214 e. The molecule has 3 fully saturated rings. The molecule has 1 N–H and O–H groups in total. The first kappa shape index (κ1) is 19.2. The minimum absolute atomic E-state index is 0. The molecule has 1 aromatic carbocycles. The number of halogens is 1. The average molecular weight is 385 g/mol. The van der Waals surface area contributed by atoms with Crippen LogP contribution in [0.1, 0.15) is 42.9 Å². The Bertz CT molecular complexity index is 703. The molecule has 0 radical (unpaired) electrons. The first-order valence-corrected chi connectivity index (χ1v) is 10.9. The third kappa shape index (κ3) is 3.61. The molecule has 1 aliphatic carbocycles. The molecule has 2 aliphatic heterocycles. The van der Waals surface area contributed by atoms with Crippen LogP contribution in [0.15, 0.2) is 24.3 Å². The van der Waals surface area contributed by atoms with Gasteiger partial charge in [0.1, 0.15) is 0 Å². The smallest absolute Gasteiger partial charge is 0.214 e. The molecule has 3 aliphatic rings. The lowest BCUT2D eigenvalue weighted by Gasteiger charge is -2.29. The number of rotatable bonds is 4. The molecule has 0 aromatic heterocycles. The van der Waals surface area contributed by atoms with Gasteiger partial charge in [0.05, 0.1) is 11.8 Å². The van der Waals surface area contributed by atoms with Crippen LogP contribution in [0.5, 0.6) is 0 Å². The summed E-state index contributed by atoms with van der Waals surface area (Å²) in [6.07, 6.45) is 4.54. The van der Waals surface area contributed by atoms with Crippen molar-refractivity contribution in [3.8, 4) is 0 Å². The lowest BCUT2D eigenvalue weighted by atomic mass is 9.88. The standard InChI is InChI=1S/C19H28N2O2S.ClH/c1-14-6-2-5-9-17(14)19-18-11-20-10-16(18)12-21(19)24(22,23)13-15-7-3-4-8-15;/h2,5-6,9,15-16,18-20H,3-4,7-8,10-13H2,1H3;1H/t16-,18-,19+;/m0./s1. The number of benzene rings is 1. The Kier molecular flexibility index (Phi) is 5.78. The van der Waals surface area contributed by atoms with Gasteiger partial charge >= 0.3 is 0 Å². The van der Waals surface area contributed by atoms with Crippen molar-refractivity contribution in [2.45, 2.75) is 38.6 Å². The highest BCUT2D eigenvalue weighted by Gasteiger charge is 2.49. The van der Waals surface area contributed by atoms with E-state index in [1.54, 1.807) is 0 Å². The molecule has 0 unspecified atom stereocenters. The van der Waals surface area contributed by atoms with Crippen molar-refractivity contribution >= 4 is 22.4 Å². The Morgan fingerprint density at radius 1 is 1.16 bits per heavy atom. The highest BCUT2D eigenvalue weighted by atomic mass is 35.5. The minimum Gasteiger partial charge on any atom is -0.316 e. The number of nitrogens with one attached hydrogen (secondary N) is 1. The van der Waals surface area contributed by atoms with Gasteiger partial charge in [-0.3, -0.25) is 0 Å². The van der Waals surface area contributed by atoms with Gasteiger partial charge in [0.15, 0.2) is 0 Å². The largest absolute Gasteiger partial charge is 0.316 e. The zero-order chi connectivity index (χ0) is 16.7. The van der Waals surface area contributed by atoms with Crippen LogP contribution in [0.25, 0.3) is 0 Å². The van der Waals surface area contributed by atoms with Crippen LogP contribution >= 0.6 is 12.4 Å². The van der Waals surface area contributed by atoms with E-state index in [0.29, 0.717) is 30.1 Å². The lowest BCUT2D eigenvalue weighted by Crippen LogP contribution is -2.37. The fraction of sp³-hybridized carbons (Fsp3) is 0.684. The van der Waals surface area contributed by atoms with Crippen molar-refractivity contribution in [3.05, 3.63) is 35.4 Å². The van der Waals surface area contributed by atoms with Gasteiger partial charge in [-0.05, 0) is 55.2 Å². The van der Waals surface area contributed by atoms with Gasteiger partial charge < -0.3 is 5.32 Å². The third-order valence-electron chi connectivity index (χ3n) is 6.31. The SMILES string of the molecule is Cc1ccccc1[C@@H]1[C@H]2CNC[C@H]2CN1S(=O)(=O)CC1CCCC1.Cl. The molecular formula is C19H29ClN2O2S. The maximum absolute atomic E-state index is 13.2. The molecular weight excluding hydrogens is 356 g/mol. The Balaban J connectivity index is 0.00000182. The van der Waals surface area contributed by atoms with Crippen molar-refractivity contribution < 1.29 is 8.42 Å². The highest BCUT2D eigenvalue weighted by molar-refractivity contribution is 7.89. The lowest BCUT2D eigenvalue weighted by molar-refractivity contribution is 0.341. The van der Waals surface area contributed by atoms with Crippen molar-refractivity contribution in [1.82, 2.24) is 9.62 Å². The number of hydrogen-bond donors (Lipinski definition) is 1. The number of nitrogens with zero attached hydrogens (tertiary/aromatic N) is 1. The van der Waals surface area contributed by atoms with E-state index in [4.69, 9.17) is 0 Å². The van der Waals surface area contributed by atoms with Crippen LogP contribution in [0.3, 0.4) is 0 Å². The molecule has 2 heterocycles. The molecule has 3 atom stereocenters. The molecule has 4 rings (SSSR count). The average Bonchev–Trinajstić information content (AvgIpc) is 3.24.